The smallest absolute Gasteiger partial charge is 0.0704 e. The first kappa shape index (κ1) is 14.1. The summed E-state index contributed by atoms with van der Waals surface area (Å²) in [4.78, 5) is 1.61. The van der Waals surface area contributed by atoms with Crippen LogP contribution in [0.15, 0.2) is 9.85 Å². The molecule has 0 aromatic carbocycles. The van der Waals surface area contributed by atoms with E-state index in [-0.39, 0.29) is 0 Å². The molecule has 3 unspecified atom stereocenters. The summed E-state index contributed by atoms with van der Waals surface area (Å²) in [5, 5.41) is 3.97. The third kappa shape index (κ3) is 3.43. The van der Waals surface area contributed by atoms with Crippen LogP contribution in [0.5, 0.6) is 0 Å². The molecule has 3 rings (SSSR count). The van der Waals surface area contributed by atoms with E-state index in [1.165, 1.54) is 55.2 Å². The average molecular weight is 342 g/mol. The highest BCUT2D eigenvalue weighted by atomic mass is 79.9. The summed E-state index contributed by atoms with van der Waals surface area (Å²) < 4.78 is 1.31. The molecule has 1 heterocycles. The molecule has 3 atom stereocenters. The van der Waals surface area contributed by atoms with Crippen molar-refractivity contribution < 1.29 is 0 Å². The SMILES string of the molecule is CC1CCCC(NC2CCCc3sc(Br)cc32)CC1. The van der Waals surface area contributed by atoms with Gasteiger partial charge in [-0.3, -0.25) is 0 Å². The fourth-order valence-corrected chi connectivity index (χ4v) is 5.45. The van der Waals surface area contributed by atoms with E-state index in [0.717, 1.165) is 12.0 Å². The van der Waals surface area contributed by atoms with Crippen LogP contribution in [0.25, 0.3) is 0 Å². The van der Waals surface area contributed by atoms with Crippen LogP contribution in [0, 0.1) is 5.92 Å². The number of aryl methyl sites for hydroxylation is 1. The predicted octanol–water partition coefficient (Wildman–Crippen LogP) is 5.45. The second-order valence-electron chi connectivity index (χ2n) is 6.35. The van der Waals surface area contributed by atoms with Crippen molar-refractivity contribution in [3.63, 3.8) is 0 Å². The zero-order chi connectivity index (χ0) is 13.2. The second kappa shape index (κ2) is 6.28. The van der Waals surface area contributed by atoms with E-state index in [4.69, 9.17) is 0 Å². The van der Waals surface area contributed by atoms with Crippen LogP contribution < -0.4 is 5.32 Å². The lowest BCUT2D eigenvalue weighted by atomic mass is 9.92. The molecule has 19 heavy (non-hydrogen) atoms. The van der Waals surface area contributed by atoms with Crippen molar-refractivity contribution in [2.24, 2.45) is 5.92 Å². The van der Waals surface area contributed by atoms with Gasteiger partial charge in [0.05, 0.1) is 3.79 Å². The lowest BCUT2D eigenvalue weighted by Crippen LogP contribution is -2.34. The molecule has 0 radical (unpaired) electrons. The number of rotatable bonds is 2. The maximum atomic E-state index is 3.97. The van der Waals surface area contributed by atoms with Crippen LogP contribution in [-0.2, 0) is 6.42 Å². The second-order valence-corrected chi connectivity index (χ2v) is 8.87. The van der Waals surface area contributed by atoms with E-state index in [2.05, 4.69) is 34.2 Å². The molecular formula is C16H24BrNS. The van der Waals surface area contributed by atoms with Gasteiger partial charge < -0.3 is 5.32 Å². The quantitative estimate of drug-likeness (QED) is 0.705. The third-order valence-electron chi connectivity index (χ3n) is 4.78. The Kier molecular flexibility index (Phi) is 4.66. The highest BCUT2D eigenvalue weighted by molar-refractivity contribution is 9.11. The van der Waals surface area contributed by atoms with E-state index < -0.39 is 0 Å². The largest absolute Gasteiger partial charge is 0.307 e. The number of halogens is 1. The van der Waals surface area contributed by atoms with Gasteiger partial charge in [-0.05, 0) is 72.0 Å². The highest BCUT2D eigenvalue weighted by Gasteiger charge is 2.25. The van der Waals surface area contributed by atoms with Crippen LogP contribution in [0.4, 0.5) is 0 Å². The molecule has 0 amide bonds. The molecule has 0 aliphatic heterocycles. The Bertz CT molecular complexity index is 428. The highest BCUT2D eigenvalue weighted by Crippen LogP contribution is 2.38. The minimum Gasteiger partial charge on any atom is -0.307 e. The number of hydrogen-bond donors (Lipinski definition) is 1. The van der Waals surface area contributed by atoms with Gasteiger partial charge >= 0.3 is 0 Å². The maximum absolute atomic E-state index is 3.97. The molecule has 2 aliphatic carbocycles. The van der Waals surface area contributed by atoms with Gasteiger partial charge in [0.15, 0.2) is 0 Å². The van der Waals surface area contributed by atoms with Crippen LogP contribution in [0.1, 0.15) is 68.4 Å². The lowest BCUT2D eigenvalue weighted by Gasteiger charge is -2.28. The number of fused-ring (bicyclic) bond motifs is 1. The zero-order valence-electron chi connectivity index (χ0n) is 11.8. The number of hydrogen-bond acceptors (Lipinski definition) is 2. The van der Waals surface area contributed by atoms with Crippen molar-refractivity contribution in [3.8, 4) is 0 Å². The molecule has 2 aliphatic rings. The van der Waals surface area contributed by atoms with Crippen LogP contribution >= 0.6 is 27.3 Å². The van der Waals surface area contributed by atoms with Crippen molar-refractivity contribution in [1.29, 1.82) is 0 Å². The summed E-state index contributed by atoms with van der Waals surface area (Å²) >= 11 is 5.59. The minimum atomic E-state index is 0.615. The Morgan fingerprint density at radius 3 is 2.95 bits per heavy atom. The topological polar surface area (TPSA) is 12.0 Å². The Morgan fingerprint density at radius 1 is 1.16 bits per heavy atom. The summed E-state index contributed by atoms with van der Waals surface area (Å²) in [6.45, 7) is 2.41. The monoisotopic (exact) mass is 341 g/mol. The molecule has 0 saturated heterocycles. The third-order valence-corrected chi connectivity index (χ3v) is 6.49. The molecule has 3 heteroatoms. The van der Waals surface area contributed by atoms with Gasteiger partial charge in [0, 0.05) is 17.0 Å². The fraction of sp³-hybridized carbons (Fsp3) is 0.750. The van der Waals surface area contributed by atoms with Crippen molar-refractivity contribution in [1.82, 2.24) is 5.32 Å². The maximum Gasteiger partial charge on any atom is 0.0704 e. The number of thiophene rings is 1. The van der Waals surface area contributed by atoms with E-state index in [1.54, 1.807) is 10.4 Å². The van der Waals surface area contributed by atoms with Gasteiger partial charge in [-0.1, -0.05) is 19.8 Å². The molecule has 1 aromatic rings. The molecule has 1 nitrogen and oxygen atoms in total. The summed E-state index contributed by atoms with van der Waals surface area (Å²) in [7, 11) is 0. The lowest BCUT2D eigenvalue weighted by molar-refractivity contribution is 0.366. The molecule has 1 fully saturated rings. The van der Waals surface area contributed by atoms with Crippen molar-refractivity contribution in [2.45, 2.75) is 70.4 Å². The Balaban J connectivity index is 1.67. The van der Waals surface area contributed by atoms with Gasteiger partial charge in [-0.2, -0.15) is 0 Å². The first-order valence-electron chi connectivity index (χ1n) is 7.76. The van der Waals surface area contributed by atoms with E-state index in [0.29, 0.717) is 6.04 Å². The van der Waals surface area contributed by atoms with Crippen molar-refractivity contribution >= 4 is 27.3 Å². The molecule has 0 spiro atoms. The van der Waals surface area contributed by atoms with Crippen molar-refractivity contribution in [3.05, 3.63) is 20.3 Å². The normalized spacial score (nSPS) is 31.8. The van der Waals surface area contributed by atoms with Gasteiger partial charge in [-0.25, -0.2) is 0 Å². The average Bonchev–Trinajstić information content (AvgIpc) is 2.65. The Hall–Kier alpha value is 0.140. The first-order valence-corrected chi connectivity index (χ1v) is 9.37. The summed E-state index contributed by atoms with van der Waals surface area (Å²) in [5.41, 5.74) is 1.58. The fourth-order valence-electron chi connectivity index (χ4n) is 3.63. The summed E-state index contributed by atoms with van der Waals surface area (Å²) in [6, 6.07) is 3.72. The van der Waals surface area contributed by atoms with Crippen LogP contribution in [-0.4, -0.2) is 6.04 Å². The summed E-state index contributed by atoms with van der Waals surface area (Å²) in [6.07, 6.45) is 10.9. The standard InChI is InChI=1S/C16H24BrNS/c1-11-4-2-5-12(9-8-11)18-14-6-3-7-15-13(14)10-16(17)19-15/h10-12,14,18H,2-9H2,1H3. The van der Waals surface area contributed by atoms with E-state index >= 15 is 0 Å². The molecule has 1 aromatic heterocycles. The Morgan fingerprint density at radius 2 is 2.05 bits per heavy atom. The van der Waals surface area contributed by atoms with E-state index in [1.807, 2.05) is 11.3 Å². The minimum absolute atomic E-state index is 0.615. The van der Waals surface area contributed by atoms with E-state index in [9.17, 15) is 0 Å². The molecule has 0 bridgehead atoms. The van der Waals surface area contributed by atoms with Gasteiger partial charge in [0.1, 0.15) is 0 Å². The van der Waals surface area contributed by atoms with Gasteiger partial charge in [0.2, 0.25) is 0 Å². The first-order chi connectivity index (χ1) is 9.22. The molecule has 106 valence electrons. The molecule has 1 N–H and O–H groups in total. The van der Waals surface area contributed by atoms with Crippen molar-refractivity contribution in [2.75, 3.05) is 0 Å². The van der Waals surface area contributed by atoms with Crippen LogP contribution in [0.3, 0.4) is 0 Å². The van der Waals surface area contributed by atoms with Gasteiger partial charge in [-0.15, -0.1) is 11.3 Å². The summed E-state index contributed by atoms with van der Waals surface area (Å²) in [5.74, 6) is 0.934. The van der Waals surface area contributed by atoms with Gasteiger partial charge in [0.25, 0.3) is 0 Å². The predicted molar refractivity (Wildman–Crippen MR) is 86.9 cm³/mol. The Labute approximate surface area is 129 Å². The molecular weight excluding hydrogens is 318 g/mol. The number of nitrogens with one attached hydrogen (secondary N) is 1. The molecule has 1 saturated carbocycles. The zero-order valence-corrected chi connectivity index (χ0v) is 14.2. The van der Waals surface area contributed by atoms with Crippen LogP contribution in [0.2, 0.25) is 0 Å².